The van der Waals surface area contributed by atoms with Crippen molar-refractivity contribution in [1.82, 2.24) is 5.32 Å². The van der Waals surface area contributed by atoms with Gasteiger partial charge in [0, 0.05) is 12.6 Å². The summed E-state index contributed by atoms with van der Waals surface area (Å²) in [6.07, 6.45) is 2.67. The summed E-state index contributed by atoms with van der Waals surface area (Å²) >= 11 is 0. The Hall–Kier alpha value is -1.64. The molecular formula is C19H21NO. The Labute approximate surface area is 126 Å². The minimum atomic E-state index is 0.755. The van der Waals surface area contributed by atoms with Gasteiger partial charge in [0.2, 0.25) is 0 Å². The molecule has 2 aliphatic rings. The topological polar surface area (TPSA) is 21.3 Å². The maximum absolute atomic E-state index is 5.52. The number of rotatable bonds is 4. The fourth-order valence-corrected chi connectivity index (χ4v) is 2.98. The molecule has 108 valence electrons. The van der Waals surface area contributed by atoms with Gasteiger partial charge in [0.05, 0.1) is 13.2 Å². The minimum Gasteiger partial charge on any atom is -0.372 e. The smallest absolute Gasteiger partial charge is 0.0725 e. The molecule has 2 aromatic carbocycles. The van der Waals surface area contributed by atoms with Gasteiger partial charge in [-0.2, -0.15) is 0 Å². The molecule has 2 aromatic rings. The largest absolute Gasteiger partial charge is 0.372 e. The van der Waals surface area contributed by atoms with E-state index in [4.69, 9.17) is 4.74 Å². The zero-order chi connectivity index (χ0) is 14.2. The summed E-state index contributed by atoms with van der Waals surface area (Å²) in [5.74, 6) is 0. The van der Waals surface area contributed by atoms with E-state index in [-0.39, 0.29) is 0 Å². The molecule has 0 bridgehead atoms. The lowest BCUT2D eigenvalue weighted by Crippen LogP contribution is -2.15. The van der Waals surface area contributed by atoms with Crippen LogP contribution in [0.2, 0.25) is 0 Å². The zero-order valence-electron chi connectivity index (χ0n) is 12.5. The first-order valence-corrected chi connectivity index (χ1v) is 7.82. The van der Waals surface area contributed by atoms with Gasteiger partial charge in [-0.3, -0.25) is 0 Å². The van der Waals surface area contributed by atoms with Crippen LogP contribution in [0.5, 0.6) is 0 Å². The van der Waals surface area contributed by atoms with Crippen LogP contribution >= 0.6 is 0 Å². The molecule has 0 radical (unpaired) electrons. The number of hydrogen-bond acceptors (Lipinski definition) is 2. The van der Waals surface area contributed by atoms with Gasteiger partial charge in [0.1, 0.15) is 0 Å². The fourth-order valence-electron chi connectivity index (χ4n) is 2.98. The number of benzene rings is 2. The summed E-state index contributed by atoms with van der Waals surface area (Å²) in [5, 5.41) is 3.59. The third-order valence-electron chi connectivity index (χ3n) is 4.51. The average molecular weight is 279 g/mol. The number of ether oxygens (including phenoxy) is 1. The van der Waals surface area contributed by atoms with Gasteiger partial charge in [-0.1, -0.05) is 24.3 Å². The van der Waals surface area contributed by atoms with E-state index < -0.39 is 0 Å². The Morgan fingerprint density at radius 3 is 2.76 bits per heavy atom. The lowest BCUT2D eigenvalue weighted by molar-refractivity contribution is 0.134. The second kappa shape index (κ2) is 5.28. The minimum absolute atomic E-state index is 0.755. The van der Waals surface area contributed by atoms with Crippen LogP contribution in [-0.2, 0) is 24.5 Å². The Bertz CT molecular complexity index is 673. The van der Waals surface area contributed by atoms with Gasteiger partial charge in [0.25, 0.3) is 0 Å². The van der Waals surface area contributed by atoms with E-state index in [1.165, 1.54) is 46.2 Å². The van der Waals surface area contributed by atoms with Crippen molar-refractivity contribution in [3.63, 3.8) is 0 Å². The standard InChI is InChI=1S/C19H21NO/c1-13-2-3-14(10-20-18-6-7-18)8-19(13)15-4-5-16-11-21-12-17(16)9-15/h2-5,8-9,18,20H,6-7,10-12H2,1H3. The summed E-state index contributed by atoms with van der Waals surface area (Å²) in [6.45, 7) is 4.69. The number of fused-ring (bicyclic) bond motifs is 1. The van der Waals surface area contributed by atoms with Crippen molar-refractivity contribution >= 4 is 0 Å². The molecule has 1 fully saturated rings. The van der Waals surface area contributed by atoms with Crippen molar-refractivity contribution in [2.75, 3.05) is 0 Å². The highest BCUT2D eigenvalue weighted by Crippen LogP contribution is 2.30. The molecule has 0 unspecified atom stereocenters. The highest BCUT2D eigenvalue weighted by Gasteiger charge is 2.20. The lowest BCUT2D eigenvalue weighted by Gasteiger charge is -2.11. The molecule has 1 aliphatic carbocycles. The van der Waals surface area contributed by atoms with Crippen LogP contribution in [0.15, 0.2) is 36.4 Å². The first-order chi connectivity index (χ1) is 10.3. The predicted octanol–water partition coefficient (Wildman–Crippen LogP) is 3.94. The van der Waals surface area contributed by atoms with Crippen molar-refractivity contribution in [2.45, 2.75) is 45.6 Å². The number of aryl methyl sites for hydroxylation is 1. The molecule has 21 heavy (non-hydrogen) atoms. The van der Waals surface area contributed by atoms with Gasteiger partial charge in [0.15, 0.2) is 0 Å². The summed E-state index contributed by atoms with van der Waals surface area (Å²) in [6, 6.07) is 14.3. The van der Waals surface area contributed by atoms with Crippen LogP contribution in [0.3, 0.4) is 0 Å². The Balaban J connectivity index is 1.64. The molecule has 0 amide bonds. The molecule has 0 atom stereocenters. The molecule has 1 heterocycles. The normalized spacial score (nSPS) is 17.0. The maximum Gasteiger partial charge on any atom is 0.0725 e. The van der Waals surface area contributed by atoms with E-state index in [1.807, 2.05) is 0 Å². The second-order valence-electron chi connectivity index (χ2n) is 6.28. The molecule has 0 saturated heterocycles. The predicted molar refractivity (Wildman–Crippen MR) is 85.0 cm³/mol. The monoisotopic (exact) mass is 279 g/mol. The molecule has 1 saturated carbocycles. The van der Waals surface area contributed by atoms with E-state index in [0.717, 1.165) is 25.8 Å². The van der Waals surface area contributed by atoms with Crippen molar-refractivity contribution in [3.05, 3.63) is 58.7 Å². The van der Waals surface area contributed by atoms with E-state index in [2.05, 4.69) is 48.6 Å². The summed E-state index contributed by atoms with van der Waals surface area (Å²) in [5.41, 5.74) is 8.05. The molecule has 1 aliphatic heterocycles. The lowest BCUT2D eigenvalue weighted by atomic mass is 9.95. The van der Waals surface area contributed by atoms with E-state index in [9.17, 15) is 0 Å². The molecule has 0 spiro atoms. The van der Waals surface area contributed by atoms with Crippen LogP contribution in [0.1, 0.15) is 35.1 Å². The average Bonchev–Trinajstić information content (AvgIpc) is 3.21. The first kappa shape index (κ1) is 13.1. The van der Waals surface area contributed by atoms with Gasteiger partial charge in [-0.15, -0.1) is 0 Å². The van der Waals surface area contributed by atoms with Crippen LogP contribution in [-0.4, -0.2) is 6.04 Å². The SMILES string of the molecule is Cc1ccc(CNC2CC2)cc1-c1ccc2c(c1)COC2. The molecule has 4 rings (SSSR count). The van der Waals surface area contributed by atoms with Crippen LogP contribution in [0, 0.1) is 6.92 Å². The molecule has 1 N–H and O–H groups in total. The molecular weight excluding hydrogens is 258 g/mol. The molecule has 2 heteroatoms. The van der Waals surface area contributed by atoms with Crippen LogP contribution in [0.25, 0.3) is 11.1 Å². The highest BCUT2D eigenvalue weighted by atomic mass is 16.5. The third-order valence-corrected chi connectivity index (χ3v) is 4.51. The third kappa shape index (κ3) is 2.74. The van der Waals surface area contributed by atoms with Gasteiger partial charge < -0.3 is 10.1 Å². The van der Waals surface area contributed by atoms with Crippen LogP contribution < -0.4 is 5.32 Å². The summed E-state index contributed by atoms with van der Waals surface area (Å²) in [7, 11) is 0. The maximum atomic E-state index is 5.52. The van der Waals surface area contributed by atoms with Crippen molar-refractivity contribution in [3.8, 4) is 11.1 Å². The van der Waals surface area contributed by atoms with E-state index in [1.54, 1.807) is 0 Å². The number of nitrogens with one attached hydrogen (secondary N) is 1. The van der Waals surface area contributed by atoms with E-state index in [0.29, 0.717) is 0 Å². The Morgan fingerprint density at radius 2 is 1.90 bits per heavy atom. The van der Waals surface area contributed by atoms with E-state index >= 15 is 0 Å². The Kier molecular flexibility index (Phi) is 3.28. The first-order valence-electron chi connectivity index (χ1n) is 7.82. The summed E-state index contributed by atoms with van der Waals surface area (Å²) in [4.78, 5) is 0. The molecule has 2 nitrogen and oxygen atoms in total. The van der Waals surface area contributed by atoms with Crippen molar-refractivity contribution in [1.29, 1.82) is 0 Å². The van der Waals surface area contributed by atoms with Gasteiger partial charge in [-0.05, 0) is 65.3 Å². The highest BCUT2D eigenvalue weighted by molar-refractivity contribution is 5.69. The summed E-state index contributed by atoms with van der Waals surface area (Å²) < 4.78 is 5.52. The number of hydrogen-bond donors (Lipinski definition) is 1. The molecule has 0 aromatic heterocycles. The quantitative estimate of drug-likeness (QED) is 0.915. The fraction of sp³-hybridized carbons (Fsp3) is 0.368. The van der Waals surface area contributed by atoms with Crippen LogP contribution in [0.4, 0.5) is 0 Å². The van der Waals surface area contributed by atoms with Crippen molar-refractivity contribution in [2.24, 2.45) is 0 Å². The van der Waals surface area contributed by atoms with Gasteiger partial charge in [-0.25, -0.2) is 0 Å². The zero-order valence-corrected chi connectivity index (χ0v) is 12.5. The van der Waals surface area contributed by atoms with Crippen molar-refractivity contribution < 1.29 is 4.74 Å². The second-order valence-corrected chi connectivity index (χ2v) is 6.28. The Morgan fingerprint density at radius 1 is 1.05 bits per heavy atom. The van der Waals surface area contributed by atoms with Gasteiger partial charge >= 0.3 is 0 Å².